The minimum atomic E-state index is -0.772. The van der Waals surface area contributed by atoms with Crippen LogP contribution in [-0.4, -0.2) is 34.3 Å². The third kappa shape index (κ3) is 2.98. The van der Waals surface area contributed by atoms with Gasteiger partial charge < -0.3 is 19.6 Å². The van der Waals surface area contributed by atoms with Gasteiger partial charge in [0.05, 0.1) is 25.3 Å². The van der Waals surface area contributed by atoms with Gasteiger partial charge in [-0.25, -0.2) is 4.98 Å². The molecule has 0 amide bonds. The Labute approximate surface area is 134 Å². The van der Waals surface area contributed by atoms with Gasteiger partial charge in [0.2, 0.25) is 0 Å². The van der Waals surface area contributed by atoms with Crippen LogP contribution in [0.15, 0.2) is 30.5 Å². The summed E-state index contributed by atoms with van der Waals surface area (Å²) in [5, 5.41) is 10.5. The van der Waals surface area contributed by atoms with Crippen LogP contribution in [0.2, 0.25) is 0 Å². The zero-order chi connectivity index (χ0) is 16.4. The largest absolute Gasteiger partial charge is 0.497 e. The molecule has 2 heterocycles. The Morgan fingerprint density at radius 1 is 1.22 bits per heavy atom. The first kappa shape index (κ1) is 15.3. The molecule has 6 heteroatoms. The van der Waals surface area contributed by atoms with E-state index in [2.05, 4.69) is 15.0 Å². The minimum absolute atomic E-state index is 0.361. The second-order valence-electron chi connectivity index (χ2n) is 5.31. The van der Waals surface area contributed by atoms with Crippen LogP contribution in [-0.2, 0) is 6.42 Å². The Balaban J connectivity index is 1.87. The Morgan fingerprint density at radius 2 is 2.04 bits per heavy atom. The number of pyridine rings is 1. The van der Waals surface area contributed by atoms with E-state index in [9.17, 15) is 5.11 Å². The van der Waals surface area contributed by atoms with E-state index in [1.807, 2.05) is 25.1 Å². The number of H-pyrrole nitrogens is 1. The number of hydrogen-bond acceptors (Lipinski definition) is 5. The molecular weight excluding hydrogens is 294 g/mol. The molecule has 1 aromatic carbocycles. The molecule has 2 aromatic heterocycles. The maximum absolute atomic E-state index is 10.5. The van der Waals surface area contributed by atoms with Gasteiger partial charge in [-0.15, -0.1) is 0 Å². The van der Waals surface area contributed by atoms with E-state index in [0.29, 0.717) is 12.2 Å². The molecule has 0 fully saturated rings. The number of methoxy groups -OCH3 is 2. The maximum Gasteiger partial charge on any atom is 0.136 e. The SMILES string of the molecule is COc1ccc2nc(C(O)Cc3nccc(OC)c3C)[nH]c2c1. The van der Waals surface area contributed by atoms with Gasteiger partial charge in [-0.05, 0) is 25.1 Å². The zero-order valence-corrected chi connectivity index (χ0v) is 13.3. The Bertz CT molecular complexity index is 829. The van der Waals surface area contributed by atoms with E-state index in [-0.39, 0.29) is 0 Å². The number of hydrogen-bond donors (Lipinski definition) is 2. The van der Waals surface area contributed by atoms with Crippen LogP contribution >= 0.6 is 0 Å². The fourth-order valence-electron chi connectivity index (χ4n) is 2.56. The maximum atomic E-state index is 10.5. The highest BCUT2D eigenvalue weighted by Crippen LogP contribution is 2.25. The van der Waals surface area contributed by atoms with Gasteiger partial charge in [0.25, 0.3) is 0 Å². The van der Waals surface area contributed by atoms with E-state index >= 15 is 0 Å². The normalized spacial score (nSPS) is 12.3. The van der Waals surface area contributed by atoms with Crippen molar-refractivity contribution < 1.29 is 14.6 Å². The predicted molar refractivity (Wildman–Crippen MR) is 86.8 cm³/mol. The molecule has 0 spiro atoms. The summed E-state index contributed by atoms with van der Waals surface area (Å²) in [6, 6.07) is 7.36. The topological polar surface area (TPSA) is 80.3 Å². The Kier molecular flexibility index (Phi) is 4.16. The first-order chi connectivity index (χ1) is 11.1. The van der Waals surface area contributed by atoms with Crippen LogP contribution in [0.4, 0.5) is 0 Å². The third-order valence-corrected chi connectivity index (χ3v) is 3.89. The molecule has 120 valence electrons. The first-order valence-corrected chi connectivity index (χ1v) is 7.32. The van der Waals surface area contributed by atoms with E-state index in [0.717, 1.165) is 33.8 Å². The number of nitrogens with zero attached hydrogens (tertiary/aromatic N) is 2. The van der Waals surface area contributed by atoms with Crippen molar-refractivity contribution in [2.75, 3.05) is 14.2 Å². The highest BCUT2D eigenvalue weighted by Gasteiger charge is 2.17. The number of ether oxygens (including phenoxy) is 2. The van der Waals surface area contributed by atoms with Crippen LogP contribution < -0.4 is 9.47 Å². The van der Waals surface area contributed by atoms with Gasteiger partial charge in [0.15, 0.2) is 0 Å². The summed E-state index contributed by atoms with van der Waals surface area (Å²) in [6.45, 7) is 1.93. The molecule has 0 bridgehead atoms. The van der Waals surface area contributed by atoms with Gasteiger partial charge in [0, 0.05) is 29.9 Å². The summed E-state index contributed by atoms with van der Waals surface area (Å²) in [6.07, 6.45) is 1.27. The smallest absolute Gasteiger partial charge is 0.136 e. The van der Waals surface area contributed by atoms with Gasteiger partial charge >= 0.3 is 0 Å². The van der Waals surface area contributed by atoms with Crippen molar-refractivity contribution in [3.05, 3.63) is 47.5 Å². The van der Waals surface area contributed by atoms with Gasteiger partial charge in [-0.2, -0.15) is 0 Å². The predicted octanol–water partition coefficient (Wildman–Crippen LogP) is 2.56. The second-order valence-corrected chi connectivity index (χ2v) is 5.31. The fourth-order valence-corrected chi connectivity index (χ4v) is 2.56. The molecule has 3 aromatic rings. The molecule has 0 aliphatic heterocycles. The number of aromatic nitrogens is 3. The zero-order valence-electron chi connectivity index (χ0n) is 13.3. The summed E-state index contributed by atoms with van der Waals surface area (Å²) in [5.41, 5.74) is 3.32. The van der Waals surface area contributed by atoms with Crippen molar-refractivity contribution in [2.45, 2.75) is 19.4 Å². The lowest BCUT2D eigenvalue weighted by atomic mass is 10.1. The van der Waals surface area contributed by atoms with Crippen molar-refractivity contribution in [3.63, 3.8) is 0 Å². The van der Waals surface area contributed by atoms with Gasteiger partial charge in [0.1, 0.15) is 23.4 Å². The quantitative estimate of drug-likeness (QED) is 0.756. The van der Waals surface area contributed by atoms with E-state index in [1.54, 1.807) is 26.5 Å². The highest BCUT2D eigenvalue weighted by atomic mass is 16.5. The average Bonchev–Trinajstić information content (AvgIpc) is 2.99. The molecule has 6 nitrogen and oxygen atoms in total. The van der Waals surface area contributed by atoms with E-state index < -0.39 is 6.10 Å². The fraction of sp³-hybridized carbons (Fsp3) is 0.294. The molecule has 0 aliphatic carbocycles. The van der Waals surface area contributed by atoms with Crippen LogP contribution in [0.25, 0.3) is 11.0 Å². The first-order valence-electron chi connectivity index (χ1n) is 7.32. The van der Waals surface area contributed by atoms with Crippen molar-refractivity contribution in [2.24, 2.45) is 0 Å². The van der Waals surface area contributed by atoms with Crippen LogP contribution in [0.5, 0.6) is 11.5 Å². The Hall–Kier alpha value is -2.60. The lowest BCUT2D eigenvalue weighted by molar-refractivity contribution is 0.168. The number of benzene rings is 1. The average molecular weight is 313 g/mol. The van der Waals surface area contributed by atoms with Crippen LogP contribution in [0, 0.1) is 6.92 Å². The minimum Gasteiger partial charge on any atom is -0.497 e. The standard InChI is InChI=1S/C17H19N3O3/c1-10-13(18-7-6-16(10)23-3)9-15(21)17-19-12-5-4-11(22-2)8-14(12)20-17/h4-8,15,21H,9H2,1-3H3,(H,19,20). The molecule has 0 radical (unpaired) electrons. The molecule has 0 saturated heterocycles. The second kappa shape index (κ2) is 6.26. The number of aromatic amines is 1. The van der Waals surface area contributed by atoms with Gasteiger partial charge in [-0.1, -0.05) is 0 Å². The lowest BCUT2D eigenvalue weighted by Crippen LogP contribution is -2.07. The Morgan fingerprint density at radius 3 is 2.78 bits per heavy atom. The number of aliphatic hydroxyl groups is 1. The van der Waals surface area contributed by atoms with Crippen molar-refractivity contribution >= 4 is 11.0 Å². The number of fused-ring (bicyclic) bond motifs is 1. The molecular formula is C17H19N3O3. The summed E-state index contributed by atoms with van der Waals surface area (Å²) >= 11 is 0. The monoisotopic (exact) mass is 313 g/mol. The van der Waals surface area contributed by atoms with E-state index in [4.69, 9.17) is 9.47 Å². The third-order valence-electron chi connectivity index (χ3n) is 3.89. The summed E-state index contributed by atoms with van der Waals surface area (Å²) in [5.74, 6) is 2.02. The van der Waals surface area contributed by atoms with Crippen molar-refractivity contribution in [1.82, 2.24) is 15.0 Å². The lowest BCUT2D eigenvalue weighted by Gasteiger charge is -2.11. The number of nitrogens with one attached hydrogen (secondary N) is 1. The summed E-state index contributed by atoms with van der Waals surface area (Å²) in [7, 11) is 3.24. The number of rotatable bonds is 5. The van der Waals surface area contributed by atoms with Crippen molar-refractivity contribution in [1.29, 1.82) is 0 Å². The molecule has 0 saturated carbocycles. The molecule has 0 aliphatic rings. The molecule has 3 rings (SSSR count). The van der Waals surface area contributed by atoms with Crippen LogP contribution in [0.3, 0.4) is 0 Å². The molecule has 23 heavy (non-hydrogen) atoms. The number of imidazole rings is 1. The summed E-state index contributed by atoms with van der Waals surface area (Å²) < 4.78 is 10.5. The van der Waals surface area contributed by atoms with E-state index in [1.165, 1.54) is 0 Å². The number of aliphatic hydroxyl groups excluding tert-OH is 1. The molecule has 1 atom stereocenters. The summed E-state index contributed by atoms with van der Waals surface area (Å²) in [4.78, 5) is 11.9. The van der Waals surface area contributed by atoms with Gasteiger partial charge in [-0.3, -0.25) is 4.98 Å². The van der Waals surface area contributed by atoms with Crippen molar-refractivity contribution in [3.8, 4) is 11.5 Å². The highest BCUT2D eigenvalue weighted by molar-refractivity contribution is 5.76. The van der Waals surface area contributed by atoms with Crippen LogP contribution in [0.1, 0.15) is 23.2 Å². The molecule has 1 unspecified atom stereocenters. The molecule has 2 N–H and O–H groups in total.